The highest BCUT2D eigenvalue weighted by atomic mass is 35.5. The van der Waals surface area contributed by atoms with E-state index in [2.05, 4.69) is 95.6 Å². The topological polar surface area (TPSA) is 29.5 Å². The summed E-state index contributed by atoms with van der Waals surface area (Å²) in [6, 6.07) is 25.6. The fraction of sp³-hybridized carbons (Fsp3) is 0.208. The Bertz CT molecular complexity index is 873. The van der Waals surface area contributed by atoms with Gasteiger partial charge in [-0.05, 0) is 28.9 Å². The molecule has 0 radical (unpaired) electrons. The summed E-state index contributed by atoms with van der Waals surface area (Å²) >= 11 is 0. The highest BCUT2D eigenvalue weighted by molar-refractivity contribution is 5.86. The highest BCUT2D eigenvalue weighted by Crippen LogP contribution is 2.19. The maximum absolute atomic E-state index is 9.59. The molecule has 0 unspecified atom stereocenters. The molecule has 0 bridgehead atoms. The lowest BCUT2D eigenvalue weighted by atomic mass is 10.0. The van der Waals surface area contributed by atoms with Crippen LogP contribution in [0, 0.1) is 0 Å². The third-order valence-electron chi connectivity index (χ3n) is 4.13. The van der Waals surface area contributed by atoms with Crippen molar-refractivity contribution in [2.45, 2.75) is 13.5 Å². The van der Waals surface area contributed by atoms with Gasteiger partial charge >= 0.3 is 5.97 Å². The molecular formula is C24H28ClNO2. The molecule has 0 amide bonds. The SMILES string of the molecule is CN(C/C=C/c1ccccc1)Cc1cccc2ccccc12.COC(C)=O.Cl. The van der Waals surface area contributed by atoms with E-state index in [1.165, 1.54) is 35.9 Å². The van der Waals surface area contributed by atoms with Crippen LogP contribution in [0.1, 0.15) is 18.1 Å². The van der Waals surface area contributed by atoms with Gasteiger partial charge in [0.2, 0.25) is 0 Å². The zero-order chi connectivity index (χ0) is 19.5. The van der Waals surface area contributed by atoms with Crippen molar-refractivity contribution in [3.05, 3.63) is 90.0 Å². The molecule has 28 heavy (non-hydrogen) atoms. The number of carbonyl (C=O) groups is 1. The van der Waals surface area contributed by atoms with Crippen LogP contribution in [0.2, 0.25) is 0 Å². The van der Waals surface area contributed by atoms with Crippen LogP contribution in [-0.4, -0.2) is 31.6 Å². The second-order valence-electron chi connectivity index (χ2n) is 6.34. The first-order chi connectivity index (χ1) is 13.1. The molecule has 3 rings (SSSR count). The Morgan fingerprint density at radius 2 is 1.57 bits per heavy atom. The molecule has 4 heteroatoms. The lowest BCUT2D eigenvalue weighted by Gasteiger charge is -2.16. The van der Waals surface area contributed by atoms with Crippen molar-refractivity contribution < 1.29 is 9.53 Å². The number of ether oxygens (including phenoxy) is 1. The fourth-order valence-corrected chi connectivity index (χ4v) is 2.72. The number of hydrogen-bond donors (Lipinski definition) is 0. The van der Waals surface area contributed by atoms with E-state index in [1.807, 2.05) is 6.07 Å². The Kier molecular flexibility index (Phi) is 10.6. The predicted octanol–water partition coefficient (Wildman–Crippen LogP) is 5.59. The summed E-state index contributed by atoms with van der Waals surface area (Å²) in [6.07, 6.45) is 4.40. The molecule has 0 fully saturated rings. The van der Waals surface area contributed by atoms with Gasteiger partial charge in [-0.1, -0.05) is 84.9 Å². The van der Waals surface area contributed by atoms with Crippen molar-refractivity contribution in [2.75, 3.05) is 20.7 Å². The summed E-state index contributed by atoms with van der Waals surface area (Å²) in [5.74, 6) is -0.245. The van der Waals surface area contributed by atoms with Crippen LogP contribution in [0.25, 0.3) is 16.8 Å². The van der Waals surface area contributed by atoms with E-state index in [0.29, 0.717) is 0 Å². The first-order valence-electron chi connectivity index (χ1n) is 9.01. The number of rotatable bonds is 5. The minimum atomic E-state index is -0.245. The molecular weight excluding hydrogens is 370 g/mol. The zero-order valence-corrected chi connectivity index (χ0v) is 17.5. The molecule has 0 saturated heterocycles. The molecule has 0 aliphatic heterocycles. The third kappa shape index (κ3) is 7.95. The molecule has 0 heterocycles. The molecule has 0 atom stereocenters. The summed E-state index contributed by atoms with van der Waals surface area (Å²) in [6.45, 7) is 3.26. The van der Waals surface area contributed by atoms with Crippen LogP contribution in [-0.2, 0) is 16.1 Å². The molecule has 0 N–H and O–H groups in total. The van der Waals surface area contributed by atoms with Crippen molar-refractivity contribution in [2.24, 2.45) is 0 Å². The van der Waals surface area contributed by atoms with Crippen molar-refractivity contribution in [1.29, 1.82) is 0 Å². The van der Waals surface area contributed by atoms with E-state index in [9.17, 15) is 4.79 Å². The highest BCUT2D eigenvalue weighted by Gasteiger charge is 2.03. The fourth-order valence-electron chi connectivity index (χ4n) is 2.72. The lowest BCUT2D eigenvalue weighted by Crippen LogP contribution is -2.17. The van der Waals surface area contributed by atoms with Gasteiger partial charge in [0.25, 0.3) is 0 Å². The van der Waals surface area contributed by atoms with E-state index in [1.54, 1.807) is 0 Å². The minimum Gasteiger partial charge on any atom is -0.469 e. The molecule has 0 aliphatic carbocycles. The van der Waals surface area contributed by atoms with Crippen LogP contribution >= 0.6 is 12.4 Å². The summed E-state index contributed by atoms with van der Waals surface area (Å²) < 4.78 is 4.11. The van der Waals surface area contributed by atoms with Crippen LogP contribution in [0.5, 0.6) is 0 Å². The maximum atomic E-state index is 9.59. The van der Waals surface area contributed by atoms with Crippen molar-refractivity contribution >= 4 is 35.2 Å². The van der Waals surface area contributed by atoms with Gasteiger partial charge in [-0.15, -0.1) is 12.4 Å². The Hall–Kier alpha value is -2.62. The number of benzene rings is 3. The number of halogens is 1. The minimum absolute atomic E-state index is 0. The van der Waals surface area contributed by atoms with E-state index in [4.69, 9.17) is 0 Å². The van der Waals surface area contributed by atoms with Gasteiger partial charge < -0.3 is 4.74 Å². The van der Waals surface area contributed by atoms with Gasteiger partial charge in [0.05, 0.1) is 7.11 Å². The number of carbonyl (C=O) groups excluding carboxylic acids is 1. The average Bonchev–Trinajstić information content (AvgIpc) is 2.69. The van der Waals surface area contributed by atoms with Gasteiger partial charge in [0, 0.05) is 20.0 Å². The second kappa shape index (κ2) is 12.7. The van der Waals surface area contributed by atoms with E-state index < -0.39 is 0 Å². The molecule has 0 saturated carbocycles. The van der Waals surface area contributed by atoms with Crippen LogP contribution in [0.15, 0.2) is 78.9 Å². The molecule has 0 aromatic heterocycles. The Morgan fingerprint density at radius 3 is 2.25 bits per heavy atom. The van der Waals surface area contributed by atoms with E-state index in [-0.39, 0.29) is 18.4 Å². The number of likely N-dealkylation sites (N-methyl/N-ethyl adjacent to an activating group) is 1. The molecule has 3 aromatic carbocycles. The smallest absolute Gasteiger partial charge is 0.302 e. The van der Waals surface area contributed by atoms with Crippen LogP contribution < -0.4 is 0 Å². The van der Waals surface area contributed by atoms with Crippen LogP contribution in [0.4, 0.5) is 0 Å². The average molecular weight is 398 g/mol. The van der Waals surface area contributed by atoms with Crippen molar-refractivity contribution in [3.8, 4) is 0 Å². The standard InChI is InChI=1S/C21H21N.C3H6O2.ClH/c1-22(16-8-11-18-9-3-2-4-10-18)17-20-14-7-13-19-12-5-6-15-21(19)20;1-3(4)5-2;/h2-15H,16-17H2,1H3;1-2H3;1H/b11-8+;;. The van der Waals surface area contributed by atoms with E-state index in [0.717, 1.165) is 13.1 Å². The molecule has 3 aromatic rings. The number of methoxy groups -OCH3 is 1. The first-order valence-corrected chi connectivity index (χ1v) is 9.01. The number of hydrogen-bond acceptors (Lipinski definition) is 3. The molecule has 0 aliphatic rings. The molecule has 3 nitrogen and oxygen atoms in total. The predicted molar refractivity (Wildman–Crippen MR) is 121 cm³/mol. The van der Waals surface area contributed by atoms with E-state index >= 15 is 0 Å². The third-order valence-corrected chi connectivity index (χ3v) is 4.13. The number of fused-ring (bicyclic) bond motifs is 1. The van der Waals surface area contributed by atoms with Crippen molar-refractivity contribution in [1.82, 2.24) is 4.90 Å². The number of esters is 1. The Balaban J connectivity index is 0.000000584. The zero-order valence-electron chi connectivity index (χ0n) is 16.7. The normalized spacial score (nSPS) is 10.3. The monoisotopic (exact) mass is 397 g/mol. The molecule has 0 spiro atoms. The van der Waals surface area contributed by atoms with Gasteiger partial charge in [-0.2, -0.15) is 0 Å². The van der Waals surface area contributed by atoms with Crippen molar-refractivity contribution in [3.63, 3.8) is 0 Å². The lowest BCUT2D eigenvalue weighted by molar-refractivity contribution is -0.137. The quantitative estimate of drug-likeness (QED) is 0.526. The summed E-state index contributed by atoms with van der Waals surface area (Å²) in [4.78, 5) is 11.9. The largest absolute Gasteiger partial charge is 0.469 e. The molecule has 148 valence electrons. The summed E-state index contributed by atoms with van der Waals surface area (Å²) in [5, 5.41) is 2.66. The van der Waals surface area contributed by atoms with Gasteiger partial charge in [-0.25, -0.2) is 0 Å². The second-order valence-corrected chi connectivity index (χ2v) is 6.34. The van der Waals surface area contributed by atoms with Crippen LogP contribution in [0.3, 0.4) is 0 Å². The Morgan fingerprint density at radius 1 is 0.964 bits per heavy atom. The Labute approximate surface area is 174 Å². The van der Waals surface area contributed by atoms with Gasteiger partial charge in [0.15, 0.2) is 0 Å². The summed E-state index contributed by atoms with van der Waals surface area (Å²) in [7, 11) is 3.51. The first kappa shape index (κ1) is 23.4. The summed E-state index contributed by atoms with van der Waals surface area (Å²) in [5.41, 5.74) is 2.63. The van der Waals surface area contributed by atoms with Gasteiger partial charge in [0.1, 0.15) is 0 Å². The maximum Gasteiger partial charge on any atom is 0.302 e. The number of nitrogens with zero attached hydrogens (tertiary/aromatic N) is 1. The van der Waals surface area contributed by atoms with Gasteiger partial charge in [-0.3, -0.25) is 9.69 Å².